The summed E-state index contributed by atoms with van der Waals surface area (Å²) in [7, 11) is 2.02. The van der Waals surface area contributed by atoms with Gasteiger partial charge in [-0.15, -0.1) is 0 Å². The fourth-order valence-corrected chi connectivity index (χ4v) is 1.94. The van der Waals surface area contributed by atoms with Gasteiger partial charge in [0.2, 0.25) is 0 Å². The van der Waals surface area contributed by atoms with Crippen molar-refractivity contribution in [3.8, 4) is 0 Å². The van der Waals surface area contributed by atoms with Gasteiger partial charge in [0.1, 0.15) is 0 Å². The minimum atomic E-state index is 0.542. The molecule has 2 aliphatic rings. The zero-order valence-electron chi connectivity index (χ0n) is 5.76. The van der Waals surface area contributed by atoms with E-state index in [4.69, 9.17) is 4.74 Å². The predicted octanol–water partition coefficient (Wildman–Crippen LogP) is 0.526. The van der Waals surface area contributed by atoms with Crippen LogP contribution in [0.4, 0.5) is 0 Å². The third kappa shape index (κ3) is 0.775. The first-order valence-electron chi connectivity index (χ1n) is 3.73. The summed E-state index contributed by atoms with van der Waals surface area (Å²) in [6.45, 7) is 0. The molecular formula is C7H13NO. The summed E-state index contributed by atoms with van der Waals surface area (Å²) in [4.78, 5) is 0. The van der Waals surface area contributed by atoms with Crippen molar-refractivity contribution in [2.24, 2.45) is 0 Å². The molecule has 2 nitrogen and oxygen atoms in total. The molecule has 0 amide bonds. The molecule has 2 aliphatic heterocycles. The van der Waals surface area contributed by atoms with Crippen molar-refractivity contribution in [3.05, 3.63) is 0 Å². The van der Waals surface area contributed by atoms with Crippen LogP contribution in [0.5, 0.6) is 0 Å². The highest BCUT2D eigenvalue weighted by atomic mass is 16.5. The van der Waals surface area contributed by atoms with E-state index in [0.717, 1.165) is 0 Å². The Kier molecular flexibility index (Phi) is 1.24. The van der Waals surface area contributed by atoms with Gasteiger partial charge in [0.15, 0.2) is 0 Å². The van der Waals surface area contributed by atoms with Crippen LogP contribution >= 0.6 is 0 Å². The Morgan fingerprint density at radius 2 is 2.33 bits per heavy atom. The van der Waals surface area contributed by atoms with E-state index in [-0.39, 0.29) is 0 Å². The predicted molar refractivity (Wildman–Crippen MR) is 35.4 cm³/mol. The number of fused-ring (bicyclic) bond motifs is 2. The summed E-state index contributed by atoms with van der Waals surface area (Å²) in [6.07, 6.45) is 4.94. The lowest BCUT2D eigenvalue weighted by atomic mass is 9.96. The van der Waals surface area contributed by atoms with Crippen molar-refractivity contribution in [3.63, 3.8) is 0 Å². The minimum absolute atomic E-state index is 0.542. The Balaban J connectivity index is 2.01. The van der Waals surface area contributed by atoms with Gasteiger partial charge in [-0.1, -0.05) is 0 Å². The first-order valence-corrected chi connectivity index (χ1v) is 3.73. The Bertz CT molecular complexity index is 115. The van der Waals surface area contributed by atoms with Gasteiger partial charge < -0.3 is 10.1 Å². The normalized spacial score (nSPS) is 48.3. The van der Waals surface area contributed by atoms with Gasteiger partial charge in [-0.3, -0.25) is 0 Å². The molecule has 3 atom stereocenters. The second-order valence-electron chi connectivity index (χ2n) is 3.00. The topological polar surface area (TPSA) is 21.3 Å². The fourth-order valence-electron chi connectivity index (χ4n) is 1.94. The van der Waals surface area contributed by atoms with Crippen LogP contribution in [0.25, 0.3) is 0 Å². The molecule has 0 unspecified atom stereocenters. The molecule has 2 bridgehead atoms. The van der Waals surface area contributed by atoms with E-state index in [1.54, 1.807) is 0 Å². The second-order valence-corrected chi connectivity index (χ2v) is 3.00. The third-order valence-electron chi connectivity index (χ3n) is 2.48. The Hall–Kier alpha value is -0.0800. The quantitative estimate of drug-likeness (QED) is 0.554. The summed E-state index contributed by atoms with van der Waals surface area (Å²) in [5, 5.41) is 3.27. The highest BCUT2D eigenvalue weighted by Crippen LogP contribution is 2.33. The van der Waals surface area contributed by atoms with E-state index in [0.29, 0.717) is 18.2 Å². The molecule has 0 aromatic carbocycles. The Labute approximate surface area is 55.6 Å². The van der Waals surface area contributed by atoms with Crippen molar-refractivity contribution in [2.75, 3.05) is 7.05 Å². The second kappa shape index (κ2) is 1.96. The summed E-state index contributed by atoms with van der Waals surface area (Å²) < 4.78 is 5.61. The standard InChI is InChI=1S/C7H13NO/c1-8-6-4-5-2-3-7(6)9-5/h5-8H,2-4H2,1H3/t5-,6+,7+/m0/s1. The summed E-state index contributed by atoms with van der Waals surface area (Å²) in [6, 6.07) is 0.656. The van der Waals surface area contributed by atoms with E-state index in [2.05, 4.69) is 5.32 Å². The van der Waals surface area contributed by atoms with Gasteiger partial charge in [0.05, 0.1) is 12.2 Å². The van der Waals surface area contributed by atoms with E-state index in [1.807, 2.05) is 7.05 Å². The lowest BCUT2D eigenvalue weighted by molar-refractivity contribution is 0.0983. The smallest absolute Gasteiger partial charge is 0.0733 e. The van der Waals surface area contributed by atoms with Crippen LogP contribution in [-0.2, 0) is 4.74 Å². The Morgan fingerprint density at radius 3 is 2.67 bits per heavy atom. The molecule has 2 heterocycles. The van der Waals surface area contributed by atoms with Gasteiger partial charge in [-0.2, -0.15) is 0 Å². The maximum atomic E-state index is 5.61. The van der Waals surface area contributed by atoms with Crippen LogP contribution in [0.3, 0.4) is 0 Å². The van der Waals surface area contributed by atoms with Crippen LogP contribution in [0.1, 0.15) is 19.3 Å². The van der Waals surface area contributed by atoms with Crippen LogP contribution in [0.15, 0.2) is 0 Å². The molecule has 0 aliphatic carbocycles. The zero-order chi connectivity index (χ0) is 6.27. The van der Waals surface area contributed by atoms with E-state index in [1.165, 1.54) is 19.3 Å². The van der Waals surface area contributed by atoms with Gasteiger partial charge in [0, 0.05) is 6.04 Å². The van der Waals surface area contributed by atoms with Gasteiger partial charge in [0.25, 0.3) is 0 Å². The molecule has 0 spiro atoms. The zero-order valence-corrected chi connectivity index (χ0v) is 5.76. The van der Waals surface area contributed by atoms with E-state index >= 15 is 0 Å². The lowest BCUT2D eigenvalue weighted by Crippen LogP contribution is -2.34. The number of likely N-dealkylation sites (N-methyl/N-ethyl adjacent to an activating group) is 1. The summed E-state index contributed by atoms with van der Waals surface area (Å²) >= 11 is 0. The lowest BCUT2D eigenvalue weighted by Gasteiger charge is -2.16. The van der Waals surface area contributed by atoms with E-state index < -0.39 is 0 Å². The van der Waals surface area contributed by atoms with Gasteiger partial charge >= 0.3 is 0 Å². The summed E-state index contributed by atoms with van der Waals surface area (Å²) in [5.41, 5.74) is 0. The van der Waals surface area contributed by atoms with Crippen molar-refractivity contribution in [1.82, 2.24) is 5.32 Å². The van der Waals surface area contributed by atoms with Crippen molar-refractivity contribution in [2.45, 2.75) is 37.5 Å². The molecule has 0 aromatic heterocycles. The van der Waals surface area contributed by atoms with Gasteiger partial charge in [-0.25, -0.2) is 0 Å². The van der Waals surface area contributed by atoms with Crippen molar-refractivity contribution in [1.29, 1.82) is 0 Å². The highest BCUT2D eigenvalue weighted by molar-refractivity contribution is 4.92. The molecule has 2 heteroatoms. The average molecular weight is 127 g/mol. The number of rotatable bonds is 1. The molecule has 0 radical (unpaired) electrons. The highest BCUT2D eigenvalue weighted by Gasteiger charge is 2.39. The third-order valence-corrected chi connectivity index (χ3v) is 2.48. The molecule has 52 valence electrons. The number of hydrogen-bond acceptors (Lipinski definition) is 2. The first kappa shape index (κ1) is 5.69. The molecular weight excluding hydrogens is 114 g/mol. The van der Waals surface area contributed by atoms with Crippen molar-refractivity contribution >= 4 is 0 Å². The van der Waals surface area contributed by atoms with Gasteiger partial charge in [-0.05, 0) is 26.3 Å². The molecule has 0 saturated carbocycles. The molecule has 9 heavy (non-hydrogen) atoms. The molecule has 2 rings (SSSR count). The van der Waals surface area contributed by atoms with E-state index in [9.17, 15) is 0 Å². The average Bonchev–Trinajstić information content (AvgIpc) is 2.45. The van der Waals surface area contributed by atoms with Crippen LogP contribution in [0.2, 0.25) is 0 Å². The molecule has 2 fully saturated rings. The first-order chi connectivity index (χ1) is 4.40. The van der Waals surface area contributed by atoms with Crippen LogP contribution in [0, 0.1) is 0 Å². The number of hydrogen-bond donors (Lipinski definition) is 1. The summed E-state index contributed by atoms with van der Waals surface area (Å²) in [5.74, 6) is 0. The fraction of sp³-hybridized carbons (Fsp3) is 1.00. The minimum Gasteiger partial charge on any atom is -0.373 e. The molecule has 0 aromatic rings. The van der Waals surface area contributed by atoms with Crippen LogP contribution < -0.4 is 5.32 Å². The van der Waals surface area contributed by atoms with Crippen molar-refractivity contribution < 1.29 is 4.74 Å². The largest absolute Gasteiger partial charge is 0.373 e. The number of nitrogens with one attached hydrogen (secondary N) is 1. The monoisotopic (exact) mass is 127 g/mol. The molecule has 1 N–H and O–H groups in total. The molecule has 2 saturated heterocycles. The maximum absolute atomic E-state index is 5.61. The maximum Gasteiger partial charge on any atom is 0.0733 e. The number of ether oxygens (including phenoxy) is 1. The SMILES string of the molecule is CN[C@@H]1C[C@@H]2CC[C@H]1O2. The Morgan fingerprint density at radius 1 is 1.44 bits per heavy atom. The van der Waals surface area contributed by atoms with Crippen LogP contribution in [-0.4, -0.2) is 25.3 Å².